The molecule has 34 heavy (non-hydrogen) atoms. The molecule has 0 bridgehead atoms. The first kappa shape index (κ1) is 23.2. The number of amides is 3. The lowest BCUT2D eigenvalue weighted by Crippen LogP contribution is -2.36. The van der Waals surface area contributed by atoms with Crippen LogP contribution in [-0.2, 0) is 9.59 Å². The number of ether oxygens (including phenoxy) is 1. The van der Waals surface area contributed by atoms with Gasteiger partial charge in [-0.1, -0.05) is 47.5 Å². The minimum atomic E-state index is -1.01. The van der Waals surface area contributed by atoms with Crippen molar-refractivity contribution in [3.05, 3.63) is 88.5 Å². The van der Waals surface area contributed by atoms with Crippen LogP contribution in [0.4, 0.5) is 11.4 Å². The summed E-state index contributed by atoms with van der Waals surface area (Å²) in [5, 5.41) is 6.62. The maximum atomic E-state index is 13.1. The number of hydrogen-bond donors (Lipinski definition) is 3. The van der Waals surface area contributed by atoms with Gasteiger partial charge in [0.2, 0.25) is 0 Å². The topological polar surface area (TPSA) is 101 Å². The summed E-state index contributed by atoms with van der Waals surface area (Å²) in [7, 11) is 1.46. The van der Waals surface area contributed by atoms with E-state index in [1.54, 1.807) is 72.8 Å². The van der Waals surface area contributed by atoms with Crippen molar-refractivity contribution < 1.29 is 19.1 Å². The van der Waals surface area contributed by atoms with E-state index in [4.69, 9.17) is 27.9 Å². The van der Waals surface area contributed by atoms with Crippen LogP contribution in [0.1, 0.15) is 10.5 Å². The number of anilines is 2. The smallest absolute Gasteiger partial charge is 0.328 e. The Kier molecular flexibility index (Phi) is 6.72. The van der Waals surface area contributed by atoms with Gasteiger partial charge in [-0.3, -0.25) is 19.8 Å². The van der Waals surface area contributed by atoms with Crippen LogP contribution in [-0.4, -0.2) is 29.5 Å². The highest BCUT2D eigenvalue weighted by atomic mass is 35.5. The Bertz CT molecular complexity index is 1400. The van der Waals surface area contributed by atoms with Crippen molar-refractivity contribution in [3.63, 3.8) is 0 Å². The zero-order valence-electron chi connectivity index (χ0n) is 17.8. The second-order valence-corrected chi connectivity index (χ2v) is 7.94. The van der Waals surface area contributed by atoms with Gasteiger partial charge in [-0.2, -0.15) is 0 Å². The quantitative estimate of drug-likeness (QED) is 0.341. The fourth-order valence-corrected chi connectivity index (χ4v) is 3.61. The number of fused-ring (bicyclic) bond motifs is 1. The Labute approximate surface area is 204 Å². The zero-order chi connectivity index (χ0) is 24.2. The molecule has 10 heteroatoms. The van der Waals surface area contributed by atoms with Gasteiger partial charge >= 0.3 is 11.8 Å². The highest BCUT2D eigenvalue weighted by Crippen LogP contribution is 2.29. The largest absolute Gasteiger partial charge is 0.494 e. The number of aromatic nitrogens is 1. The summed E-state index contributed by atoms with van der Waals surface area (Å²) >= 11 is 12.0. The summed E-state index contributed by atoms with van der Waals surface area (Å²) in [4.78, 5) is 38.4. The SMILES string of the molecule is COc1cccc2cc(C(=O)Nc3ccc(Cl)cc3)n(NC(=O)C(=O)Nc3ccccc3Cl)c12. The van der Waals surface area contributed by atoms with Gasteiger partial charge in [0.15, 0.2) is 0 Å². The summed E-state index contributed by atoms with van der Waals surface area (Å²) < 4.78 is 6.63. The molecule has 0 aliphatic heterocycles. The number of carbonyl (C=O) groups is 3. The number of nitrogens with one attached hydrogen (secondary N) is 3. The van der Waals surface area contributed by atoms with Gasteiger partial charge < -0.3 is 15.4 Å². The Balaban J connectivity index is 1.67. The first-order chi connectivity index (χ1) is 16.4. The molecule has 4 rings (SSSR count). The van der Waals surface area contributed by atoms with E-state index in [2.05, 4.69) is 16.1 Å². The van der Waals surface area contributed by atoms with Crippen LogP contribution >= 0.6 is 23.2 Å². The van der Waals surface area contributed by atoms with Crippen molar-refractivity contribution in [3.8, 4) is 5.75 Å². The molecule has 3 N–H and O–H groups in total. The van der Waals surface area contributed by atoms with Crippen LogP contribution in [0.25, 0.3) is 10.9 Å². The molecule has 8 nitrogen and oxygen atoms in total. The fraction of sp³-hybridized carbons (Fsp3) is 0.0417. The average Bonchev–Trinajstić information content (AvgIpc) is 3.20. The molecule has 4 aromatic rings. The normalized spacial score (nSPS) is 10.6. The van der Waals surface area contributed by atoms with Gasteiger partial charge in [0.25, 0.3) is 5.91 Å². The maximum Gasteiger partial charge on any atom is 0.328 e. The first-order valence-electron chi connectivity index (χ1n) is 9.99. The van der Waals surface area contributed by atoms with E-state index in [0.29, 0.717) is 27.4 Å². The Morgan fingerprint density at radius 1 is 0.853 bits per heavy atom. The van der Waals surface area contributed by atoms with Gasteiger partial charge in [0, 0.05) is 16.1 Å². The van der Waals surface area contributed by atoms with Crippen molar-refractivity contribution in [1.82, 2.24) is 4.68 Å². The molecule has 1 aromatic heterocycles. The number of para-hydroxylation sites is 2. The van der Waals surface area contributed by atoms with Crippen LogP contribution in [0.15, 0.2) is 72.8 Å². The van der Waals surface area contributed by atoms with Gasteiger partial charge in [0.1, 0.15) is 17.0 Å². The van der Waals surface area contributed by atoms with Gasteiger partial charge in [-0.05, 0) is 48.5 Å². The Morgan fingerprint density at radius 3 is 2.29 bits per heavy atom. The molecule has 172 valence electrons. The number of nitrogens with zero attached hydrogens (tertiary/aromatic N) is 1. The van der Waals surface area contributed by atoms with Crippen molar-refractivity contribution in [2.45, 2.75) is 0 Å². The summed E-state index contributed by atoms with van der Waals surface area (Å²) in [6.45, 7) is 0. The molecule has 0 atom stereocenters. The third-order valence-corrected chi connectivity index (χ3v) is 5.46. The number of halogens is 2. The summed E-state index contributed by atoms with van der Waals surface area (Å²) in [5.41, 5.74) is 3.75. The van der Waals surface area contributed by atoms with Crippen LogP contribution in [0.5, 0.6) is 5.75 Å². The predicted octanol–water partition coefficient (Wildman–Crippen LogP) is 4.92. The molecule has 1 heterocycles. The fourth-order valence-electron chi connectivity index (χ4n) is 3.30. The van der Waals surface area contributed by atoms with Crippen LogP contribution in [0, 0.1) is 0 Å². The summed E-state index contributed by atoms with van der Waals surface area (Å²) in [6, 6.07) is 19.8. The first-order valence-corrected chi connectivity index (χ1v) is 10.7. The average molecular weight is 497 g/mol. The molecule has 0 aliphatic carbocycles. The second-order valence-electron chi connectivity index (χ2n) is 7.10. The van der Waals surface area contributed by atoms with Crippen molar-refractivity contribution >= 4 is 63.2 Å². The molecule has 0 saturated heterocycles. The van der Waals surface area contributed by atoms with Crippen molar-refractivity contribution in [2.24, 2.45) is 0 Å². The number of rotatable bonds is 5. The van der Waals surface area contributed by atoms with E-state index >= 15 is 0 Å². The molecule has 0 spiro atoms. The third-order valence-electron chi connectivity index (χ3n) is 4.88. The molecule has 0 saturated carbocycles. The highest BCUT2D eigenvalue weighted by Gasteiger charge is 2.23. The molecule has 0 unspecified atom stereocenters. The van der Waals surface area contributed by atoms with E-state index in [-0.39, 0.29) is 16.4 Å². The lowest BCUT2D eigenvalue weighted by molar-refractivity contribution is -0.133. The van der Waals surface area contributed by atoms with Crippen molar-refractivity contribution in [2.75, 3.05) is 23.2 Å². The predicted molar refractivity (Wildman–Crippen MR) is 132 cm³/mol. The van der Waals surface area contributed by atoms with E-state index < -0.39 is 17.7 Å². The Hall–Kier alpha value is -4.01. The highest BCUT2D eigenvalue weighted by molar-refractivity contribution is 6.44. The third kappa shape index (κ3) is 4.83. The second kappa shape index (κ2) is 9.86. The van der Waals surface area contributed by atoms with Crippen LogP contribution in [0.3, 0.4) is 0 Å². The monoisotopic (exact) mass is 496 g/mol. The maximum absolute atomic E-state index is 13.1. The van der Waals surface area contributed by atoms with E-state index in [1.807, 2.05) is 0 Å². The number of carbonyl (C=O) groups excluding carboxylic acids is 3. The molecule has 3 aromatic carbocycles. The van der Waals surface area contributed by atoms with Crippen LogP contribution in [0.2, 0.25) is 10.0 Å². The molecule has 0 radical (unpaired) electrons. The molecule has 0 aliphatic rings. The standard InChI is InChI=1S/C24H18Cl2N4O4/c1-34-20-8-4-5-14-13-19(22(31)27-16-11-9-15(25)10-12-16)30(21(14)20)29-24(33)23(32)28-18-7-3-2-6-17(18)26/h2-13H,1H3,(H,27,31)(H,28,32)(H,29,33). The summed E-state index contributed by atoms with van der Waals surface area (Å²) in [6.07, 6.45) is 0. The lowest BCUT2D eigenvalue weighted by atomic mass is 10.2. The molecular formula is C24H18Cl2N4O4. The Morgan fingerprint density at radius 2 is 1.59 bits per heavy atom. The van der Waals surface area contributed by atoms with E-state index in [1.165, 1.54) is 11.8 Å². The minimum Gasteiger partial charge on any atom is -0.494 e. The van der Waals surface area contributed by atoms with E-state index in [9.17, 15) is 14.4 Å². The molecular weight excluding hydrogens is 479 g/mol. The summed E-state index contributed by atoms with van der Waals surface area (Å²) in [5.74, 6) is -2.10. The van der Waals surface area contributed by atoms with Gasteiger partial charge in [-0.15, -0.1) is 0 Å². The lowest BCUT2D eigenvalue weighted by Gasteiger charge is -2.14. The van der Waals surface area contributed by atoms with E-state index in [0.717, 1.165) is 0 Å². The minimum absolute atomic E-state index is 0.0772. The molecule has 0 fully saturated rings. The number of methoxy groups -OCH3 is 1. The number of benzene rings is 3. The molecule has 3 amide bonds. The van der Waals surface area contributed by atoms with Gasteiger partial charge in [-0.25, -0.2) is 4.68 Å². The number of hydrogen-bond acceptors (Lipinski definition) is 4. The van der Waals surface area contributed by atoms with Crippen LogP contribution < -0.4 is 20.8 Å². The zero-order valence-corrected chi connectivity index (χ0v) is 19.3. The van der Waals surface area contributed by atoms with Crippen molar-refractivity contribution in [1.29, 1.82) is 0 Å². The van der Waals surface area contributed by atoms with Gasteiger partial charge in [0.05, 0.1) is 17.8 Å².